The second-order valence-electron chi connectivity index (χ2n) is 6.47. The molecule has 3 nitrogen and oxygen atoms in total. The van der Waals surface area contributed by atoms with E-state index in [1.54, 1.807) is 0 Å². The molecule has 1 saturated heterocycles. The van der Waals surface area contributed by atoms with Crippen molar-refractivity contribution < 1.29 is 4.79 Å². The summed E-state index contributed by atoms with van der Waals surface area (Å²) >= 11 is 0. The summed E-state index contributed by atoms with van der Waals surface area (Å²) in [5.74, 6) is 0.983. The van der Waals surface area contributed by atoms with Crippen LogP contribution in [-0.2, 0) is 4.79 Å². The van der Waals surface area contributed by atoms with Gasteiger partial charge in [-0.1, -0.05) is 24.3 Å². The highest BCUT2D eigenvalue weighted by molar-refractivity contribution is 5.83. The maximum atomic E-state index is 12.7. The minimum Gasteiger partial charge on any atom is -0.340 e. The highest BCUT2D eigenvalue weighted by atomic mass is 16.2. The molecule has 1 amide bonds. The van der Waals surface area contributed by atoms with E-state index in [1.165, 1.54) is 11.1 Å². The Bertz CT molecular complexity index is 513. The van der Waals surface area contributed by atoms with Gasteiger partial charge in [0.05, 0.1) is 0 Å². The zero-order chi connectivity index (χ0) is 14.3. The molecule has 2 fully saturated rings. The molecule has 4 atom stereocenters. The predicted molar refractivity (Wildman–Crippen MR) is 80.4 cm³/mol. The molecule has 2 N–H and O–H groups in total. The molecule has 0 unspecified atom stereocenters. The van der Waals surface area contributed by atoms with Crippen LogP contribution >= 0.6 is 0 Å². The second-order valence-corrected chi connectivity index (χ2v) is 6.47. The summed E-state index contributed by atoms with van der Waals surface area (Å²) in [6.45, 7) is 5.10. The largest absolute Gasteiger partial charge is 0.340 e. The topological polar surface area (TPSA) is 46.3 Å². The summed E-state index contributed by atoms with van der Waals surface area (Å²) in [5.41, 5.74) is 8.64. The first-order valence-corrected chi connectivity index (χ1v) is 7.69. The van der Waals surface area contributed by atoms with Gasteiger partial charge in [0.15, 0.2) is 0 Å². The molecule has 2 aliphatic rings. The monoisotopic (exact) mass is 272 g/mol. The normalized spacial score (nSPS) is 33.0. The van der Waals surface area contributed by atoms with E-state index in [9.17, 15) is 4.79 Å². The maximum Gasteiger partial charge on any atom is 0.226 e. The van der Waals surface area contributed by atoms with Crippen molar-refractivity contribution in [1.29, 1.82) is 0 Å². The lowest BCUT2D eigenvalue weighted by molar-refractivity contribution is -0.136. The zero-order valence-corrected chi connectivity index (χ0v) is 12.4. The standard InChI is InChI=1S/C17H24N2O/c1-11-5-3-4-6-14(11)15-10-16(15)17(20)19-8-7-13(18)9-12(19)2/h3-6,12-13,15-16H,7-10,18H2,1-2H3/t12-,13+,15+,16+/m1/s1. The van der Waals surface area contributed by atoms with Crippen molar-refractivity contribution in [2.75, 3.05) is 6.54 Å². The van der Waals surface area contributed by atoms with Crippen molar-refractivity contribution in [3.63, 3.8) is 0 Å². The van der Waals surface area contributed by atoms with Crippen LogP contribution < -0.4 is 5.73 Å². The number of hydrogen-bond acceptors (Lipinski definition) is 2. The number of nitrogens with zero attached hydrogens (tertiary/aromatic N) is 1. The molecule has 3 rings (SSSR count). The van der Waals surface area contributed by atoms with E-state index in [0.29, 0.717) is 17.9 Å². The van der Waals surface area contributed by atoms with Crippen LogP contribution in [0.4, 0.5) is 0 Å². The van der Waals surface area contributed by atoms with Gasteiger partial charge < -0.3 is 10.6 Å². The molecule has 0 spiro atoms. The summed E-state index contributed by atoms with van der Waals surface area (Å²) in [5, 5.41) is 0. The Kier molecular flexibility index (Phi) is 3.55. The molecule has 3 heteroatoms. The van der Waals surface area contributed by atoms with Gasteiger partial charge in [0.1, 0.15) is 0 Å². The molecule has 0 bridgehead atoms. The Hall–Kier alpha value is -1.35. The lowest BCUT2D eigenvalue weighted by Crippen LogP contribution is -2.49. The van der Waals surface area contributed by atoms with Crippen molar-refractivity contribution in [2.24, 2.45) is 11.7 Å². The summed E-state index contributed by atoms with van der Waals surface area (Å²) in [6.07, 6.45) is 2.89. The van der Waals surface area contributed by atoms with Crippen LogP contribution in [0.2, 0.25) is 0 Å². The SMILES string of the molecule is Cc1ccccc1[C@@H]1C[C@@H]1C(=O)N1CC[C@H](N)C[C@H]1C. The number of carbonyl (C=O) groups excluding carboxylic acids is 1. The number of likely N-dealkylation sites (tertiary alicyclic amines) is 1. The lowest BCUT2D eigenvalue weighted by atomic mass is 9.98. The van der Waals surface area contributed by atoms with Crippen LogP contribution in [0, 0.1) is 12.8 Å². The Labute approximate surface area is 121 Å². The number of piperidine rings is 1. The number of nitrogens with two attached hydrogens (primary N) is 1. The third kappa shape index (κ3) is 2.47. The van der Waals surface area contributed by atoms with E-state index in [1.807, 2.05) is 0 Å². The Morgan fingerprint density at radius 3 is 2.75 bits per heavy atom. The number of aryl methyl sites for hydroxylation is 1. The third-order valence-electron chi connectivity index (χ3n) is 4.90. The van der Waals surface area contributed by atoms with Gasteiger partial charge in [0, 0.05) is 24.5 Å². The predicted octanol–water partition coefficient (Wildman–Crippen LogP) is 2.44. The fourth-order valence-corrected chi connectivity index (χ4v) is 3.56. The van der Waals surface area contributed by atoms with E-state index >= 15 is 0 Å². The average molecular weight is 272 g/mol. The van der Waals surface area contributed by atoms with Crippen LogP contribution in [0.25, 0.3) is 0 Å². The number of amides is 1. The van der Waals surface area contributed by atoms with Gasteiger partial charge >= 0.3 is 0 Å². The van der Waals surface area contributed by atoms with Crippen LogP contribution in [0.15, 0.2) is 24.3 Å². The van der Waals surface area contributed by atoms with Gasteiger partial charge in [-0.25, -0.2) is 0 Å². The molecule has 0 aromatic heterocycles. The van der Waals surface area contributed by atoms with E-state index in [-0.39, 0.29) is 12.0 Å². The molecular formula is C17H24N2O. The van der Waals surface area contributed by atoms with Crippen LogP contribution in [0.5, 0.6) is 0 Å². The summed E-state index contributed by atoms with van der Waals surface area (Å²) in [4.78, 5) is 14.7. The second kappa shape index (κ2) is 5.21. The molecule has 108 valence electrons. The first-order chi connectivity index (χ1) is 9.58. The number of rotatable bonds is 2. The number of hydrogen-bond donors (Lipinski definition) is 1. The fourth-order valence-electron chi connectivity index (χ4n) is 3.56. The zero-order valence-electron chi connectivity index (χ0n) is 12.4. The molecule has 1 aliphatic heterocycles. The van der Waals surface area contributed by atoms with Gasteiger partial charge in [0.2, 0.25) is 5.91 Å². The van der Waals surface area contributed by atoms with E-state index < -0.39 is 0 Å². The van der Waals surface area contributed by atoms with Gasteiger partial charge in [0.25, 0.3) is 0 Å². The van der Waals surface area contributed by atoms with Crippen LogP contribution in [0.1, 0.15) is 43.2 Å². The summed E-state index contributed by atoms with van der Waals surface area (Å²) in [7, 11) is 0. The van der Waals surface area contributed by atoms with E-state index in [2.05, 4.69) is 43.0 Å². The number of benzene rings is 1. The van der Waals surface area contributed by atoms with Crippen molar-refractivity contribution in [3.8, 4) is 0 Å². The smallest absolute Gasteiger partial charge is 0.226 e. The van der Waals surface area contributed by atoms with Crippen LogP contribution in [0.3, 0.4) is 0 Å². The van der Waals surface area contributed by atoms with Crippen molar-refractivity contribution in [1.82, 2.24) is 4.90 Å². The number of carbonyl (C=O) groups is 1. The van der Waals surface area contributed by atoms with Crippen molar-refractivity contribution in [2.45, 2.75) is 51.1 Å². The van der Waals surface area contributed by atoms with Gasteiger partial charge in [-0.05, 0) is 50.2 Å². The Morgan fingerprint density at radius 1 is 1.30 bits per heavy atom. The third-order valence-corrected chi connectivity index (χ3v) is 4.90. The van der Waals surface area contributed by atoms with Crippen molar-refractivity contribution >= 4 is 5.91 Å². The molecule has 1 heterocycles. The summed E-state index contributed by atoms with van der Waals surface area (Å²) < 4.78 is 0. The van der Waals surface area contributed by atoms with Crippen LogP contribution in [-0.4, -0.2) is 29.4 Å². The quantitative estimate of drug-likeness (QED) is 0.899. The molecule has 1 saturated carbocycles. The first-order valence-electron chi connectivity index (χ1n) is 7.69. The molecule has 1 aromatic rings. The fraction of sp³-hybridized carbons (Fsp3) is 0.588. The van der Waals surface area contributed by atoms with Gasteiger partial charge in [-0.3, -0.25) is 4.79 Å². The molecule has 1 aromatic carbocycles. The Morgan fingerprint density at radius 2 is 2.05 bits per heavy atom. The van der Waals surface area contributed by atoms with E-state index in [4.69, 9.17) is 5.73 Å². The first kappa shape index (κ1) is 13.6. The molecule has 0 radical (unpaired) electrons. The molecule has 20 heavy (non-hydrogen) atoms. The molecule has 1 aliphatic carbocycles. The van der Waals surface area contributed by atoms with Gasteiger partial charge in [-0.15, -0.1) is 0 Å². The van der Waals surface area contributed by atoms with E-state index in [0.717, 1.165) is 25.8 Å². The minimum absolute atomic E-state index is 0.202. The Balaban J connectivity index is 1.67. The average Bonchev–Trinajstić information content (AvgIpc) is 3.19. The maximum absolute atomic E-state index is 12.7. The van der Waals surface area contributed by atoms with Crippen molar-refractivity contribution in [3.05, 3.63) is 35.4 Å². The highest BCUT2D eigenvalue weighted by Crippen LogP contribution is 2.49. The molecular weight excluding hydrogens is 248 g/mol. The lowest BCUT2D eigenvalue weighted by Gasteiger charge is -2.36. The minimum atomic E-state index is 0.202. The highest BCUT2D eigenvalue weighted by Gasteiger charge is 2.47. The summed E-state index contributed by atoms with van der Waals surface area (Å²) in [6, 6.07) is 9.00. The van der Waals surface area contributed by atoms with Gasteiger partial charge in [-0.2, -0.15) is 0 Å².